The SMILES string of the molecule is CC(C)C(CO)S(=O)(=O)C1CCCCC1. The Bertz CT molecular complexity index is 276. The summed E-state index contributed by atoms with van der Waals surface area (Å²) < 4.78 is 24.4. The average Bonchev–Trinajstić information content (AvgIpc) is 2.19. The summed E-state index contributed by atoms with van der Waals surface area (Å²) in [6.07, 6.45) is 4.74. The molecule has 0 spiro atoms. The number of aliphatic hydroxyl groups is 1. The van der Waals surface area contributed by atoms with Crippen molar-refractivity contribution < 1.29 is 13.5 Å². The first-order valence-electron chi connectivity index (χ1n) is 5.83. The van der Waals surface area contributed by atoms with E-state index in [4.69, 9.17) is 0 Å². The zero-order chi connectivity index (χ0) is 11.5. The third-order valence-electron chi connectivity index (χ3n) is 3.36. The van der Waals surface area contributed by atoms with E-state index in [0.29, 0.717) is 0 Å². The number of sulfone groups is 1. The van der Waals surface area contributed by atoms with Crippen molar-refractivity contribution in [3.63, 3.8) is 0 Å². The molecule has 1 unspecified atom stereocenters. The third kappa shape index (κ3) is 2.94. The molecule has 4 heteroatoms. The lowest BCUT2D eigenvalue weighted by atomic mass is 10.0. The topological polar surface area (TPSA) is 54.4 Å². The molecule has 0 amide bonds. The van der Waals surface area contributed by atoms with Gasteiger partial charge < -0.3 is 5.11 Å². The Hall–Kier alpha value is -0.0900. The van der Waals surface area contributed by atoms with E-state index in [1.165, 1.54) is 0 Å². The number of hydrogen-bond acceptors (Lipinski definition) is 3. The first kappa shape index (κ1) is 13.0. The van der Waals surface area contributed by atoms with Crippen molar-refractivity contribution in [3.8, 4) is 0 Å². The monoisotopic (exact) mass is 234 g/mol. The van der Waals surface area contributed by atoms with Gasteiger partial charge in [0, 0.05) is 0 Å². The Kier molecular flexibility index (Phi) is 4.59. The molecule has 3 nitrogen and oxygen atoms in total. The van der Waals surface area contributed by atoms with Gasteiger partial charge in [0.15, 0.2) is 9.84 Å². The molecular weight excluding hydrogens is 212 g/mol. The average molecular weight is 234 g/mol. The molecule has 0 aromatic rings. The minimum Gasteiger partial charge on any atom is -0.395 e. The summed E-state index contributed by atoms with van der Waals surface area (Å²) in [5.74, 6) is 0.00178. The molecule has 0 heterocycles. The lowest BCUT2D eigenvalue weighted by Gasteiger charge is -2.28. The van der Waals surface area contributed by atoms with E-state index in [2.05, 4.69) is 0 Å². The van der Waals surface area contributed by atoms with E-state index >= 15 is 0 Å². The van der Waals surface area contributed by atoms with Crippen molar-refractivity contribution in [2.45, 2.75) is 56.5 Å². The zero-order valence-corrected chi connectivity index (χ0v) is 10.5. The Morgan fingerprint density at radius 2 is 1.73 bits per heavy atom. The predicted octanol–water partition coefficient (Wildman–Crippen LogP) is 1.75. The molecule has 1 rings (SSSR count). The fourth-order valence-corrected chi connectivity index (χ4v) is 4.79. The largest absolute Gasteiger partial charge is 0.395 e. The van der Waals surface area contributed by atoms with E-state index in [9.17, 15) is 13.5 Å². The number of aliphatic hydroxyl groups excluding tert-OH is 1. The van der Waals surface area contributed by atoms with E-state index in [1.54, 1.807) is 0 Å². The third-order valence-corrected chi connectivity index (χ3v) is 6.30. The van der Waals surface area contributed by atoms with Crippen molar-refractivity contribution in [2.24, 2.45) is 5.92 Å². The van der Waals surface area contributed by atoms with Crippen LogP contribution in [0, 0.1) is 5.92 Å². The molecule has 1 fully saturated rings. The molecule has 90 valence electrons. The van der Waals surface area contributed by atoms with Crippen molar-refractivity contribution in [3.05, 3.63) is 0 Å². The van der Waals surface area contributed by atoms with Crippen LogP contribution in [0.5, 0.6) is 0 Å². The highest BCUT2D eigenvalue weighted by Gasteiger charge is 2.35. The highest BCUT2D eigenvalue weighted by molar-refractivity contribution is 7.92. The number of rotatable bonds is 4. The molecule has 0 saturated heterocycles. The molecule has 1 aliphatic rings. The molecule has 0 radical (unpaired) electrons. The van der Waals surface area contributed by atoms with Gasteiger partial charge in [0.1, 0.15) is 0 Å². The van der Waals surface area contributed by atoms with Gasteiger partial charge in [-0.2, -0.15) is 0 Å². The normalized spacial score (nSPS) is 21.9. The van der Waals surface area contributed by atoms with Crippen LogP contribution in [0.2, 0.25) is 0 Å². The smallest absolute Gasteiger partial charge is 0.158 e. The van der Waals surface area contributed by atoms with E-state index < -0.39 is 15.1 Å². The maximum absolute atomic E-state index is 12.2. The van der Waals surface area contributed by atoms with Crippen LogP contribution in [-0.2, 0) is 9.84 Å². The second-order valence-electron chi connectivity index (χ2n) is 4.81. The molecule has 15 heavy (non-hydrogen) atoms. The maximum atomic E-state index is 12.2. The summed E-state index contributed by atoms with van der Waals surface area (Å²) in [6.45, 7) is 3.49. The lowest BCUT2D eigenvalue weighted by molar-refractivity contribution is 0.267. The minimum atomic E-state index is -3.12. The van der Waals surface area contributed by atoms with Crippen LogP contribution in [0.25, 0.3) is 0 Å². The summed E-state index contributed by atoms with van der Waals surface area (Å²) in [5, 5.41) is 8.41. The van der Waals surface area contributed by atoms with Gasteiger partial charge >= 0.3 is 0 Å². The second kappa shape index (κ2) is 5.30. The van der Waals surface area contributed by atoms with E-state index in [0.717, 1.165) is 32.1 Å². The standard InChI is InChI=1S/C11H22O3S/c1-9(2)11(8-12)15(13,14)10-6-4-3-5-7-10/h9-12H,3-8H2,1-2H3. The molecule has 1 atom stereocenters. The van der Waals surface area contributed by atoms with Crippen LogP contribution in [-0.4, -0.2) is 30.6 Å². The molecule has 0 aromatic heterocycles. The molecule has 1 N–H and O–H groups in total. The molecule has 0 bridgehead atoms. The summed E-state index contributed by atoms with van der Waals surface area (Å²) >= 11 is 0. The Balaban J connectivity index is 2.79. The van der Waals surface area contributed by atoms with Crippen molar-refractivity contribution in [1.82, 2.24) is 0 Å². The van der Waals surface area contributed by atoms with Gasteiger partial charge in [-0.05, 0) is 18.8 Å². The van der Waals surface area contributed by atoms with Crippen molar-refractivity contribution in [1.29, 1.82) is 0 Å². The van der Waals surface area contributed by atoms with Gasteiger partial charge in [-0.1, -0.05) is 33.1 Å². The Morgan fingerprint density at radius 3 is 2.13 bits per heavy atom. The van der Waals surface area contributed by atoms with E-state index in [1.807, 2.05) is 13.8 Å². The van der Waals surface area contributed by atoms with Gasteiger partial charge in [-0.15, -0.1) is 0 Å². The molecule has 1 aliphatic carbocycles. The first-order valence-corrected chi connectivity index (χ1v) is 7.44. The highest BCUT2D eigenvalue weighted by Crippen LogP contribution is 2.28. The second-order valence-corrected chi connectivity index (χ2v) is 7.26. The van der Waals surface area contributed by atoms with Gasteiger partial charge in [-0.25, -0.2) is 8.42 Å². The van der Waals surface area contributed by atoms with Gasteiger partial charge in [0.2, 0.25) is 0 Å². The predicted molar refractivity (Wildman–Crippen MR) is 61.5 cm³/mol. The number of hydrogen-bond donors (Lipinski definition) is 1. The van der Waals surface area contributed by atoms with Crippen molar-refractivity contribution in [2.75, 3.05) is 6.61 Å². The molecule has 0 aliphatic heterocycles. The first-order chi connectivity index (χ1) is 7.00. The van der Waals surface area contributed by atoms with Gasteiger partial charge in [0.25, 0.3) is 0 Å². The molecule has 0 aromatic carbocycles. The summed E-state index contributed by atoms with van der Waals surface area (Å²) in [5.41, 5.74) is 0. The quantitative estimate of drug-likeness (QED) is 0.806. The van der Waals surface area contributed by atoms with Crippen molar-refractivity contribution >= 4 is 9.84 Å². The van der Waals surface area contributed by atoms with E-state index in [-0.39, 0.29) is 17.8 Å². The van der Waals surface area contributed by atoms with Crippen LogP contribution >= 0.6 is 0 Å². The Morgan fingerprint density at radius 1 is 1.20 bits per heavy atom. The van der Waals surface area contributed by atoms with Gasteiger partial charge in [-0.3, -0.25) is 0 Å². The minimum absolute atomic E-state index is 0.00178. The van der Waals surface area contributed by atoms with Crippen LogP contribution < -0.4 is 0 Å². The van der Waals surface area contributed by atoms with Crippen LogP contribution in [0.4, 0.5) is 0 Å². The fourth-order valence-electron chi connectivity index (χ4n) is 2.33. The summed E-state index contributed by atoms with van der Waals surface area (Å²) in [7, 11) is -3.12. The maximum Gasteiger partial charge on any atom is 0.158 e. The summed E-state index contributed by atoms with van der Waals surface area (Å²) in [6, 6.07) is 0. The highest BCUT2D eigenvalue weighted by atomic mass is 32.2. The Labute approximate surface area is 92.8 Å². The molecule has 1 saturated carbocycles. The summed E-state index contributed by atoms with van der Waals surface area (Å²) in [4.78, 5) is 0. The lowest BCUT2D eigenvalue weighted by Crippen LogP contribution is -2.38. The van der Waals surface area contributed by atoms with Crippen LogP contribution in [0.15, 0.2) is 0 Å². The zero-order valence-electron chi connectivity index (χ0n) is 9.65. The van der Waals surface area contributed by atoms with Gasteiger partial charge in [0.05, 0.1) is 17.1 Å². The fraction of sp³-hybridized carbons (Fsp3) is 1.00. The molecular formula is C11H22O3S. The van der Waals surface area contributed by atoms with Crippen LogP contribution in [0.1, 0.15) is 46.0 Å². The van der Waals surface area contributed by atoms with Crippen LogP contribution in [0.3, 0.4) is 0 Å².